The van der Waals surface area contributed by atoms with E-state index >= 15 is 0 Å². The molecule has 1 aliphatic rings. The molecule has 1 fully saturated rings. The molecule has 1 atom stereocenters. The fourth-order valence-corrected chi connectivity index (χ4v) is 4.24. The summed E-state index contributed by atoms with van der Waals surface area (Å²) < 4.78 is 0. The van der Waals surface area contributed by atoms with E-state index in [1.807, 2.05) is 6.92 Å². The Morgan fingerprint density at radius 1 is 1.33 bits per heavy atom. The lowest BCUT2D eigenvalue weighted by Gasteiger charge is -2.26. The summed E-state index contributed by atoms with van der Waals surface area (Å²) in [4.78, 5) is 15.2. The minimum absolute atomic E-state index is 0.0315. The van der Waals surface area contributed by atoms with Gasteiger partial charge in [-0.25, -0.2) is 0 Å². The zero-order chi connectivity index (χ0) is 15.5. The molecule has 1 aromatic heterocycles. The van der Waals surface area contributed by atoms with Gasteiger partial charge in [0.1, 0.15) is 5.41 Å². The van der Waals surface area contributed by atoms with E-state index in [9.17, 15) is 10.1 Å². The highest BCUT2D eigenvalue weighted by atomic mass is 32.1. The first kappa shape index (κ1) is 16.0. The Labute approximate surface area is 131 Å². The van der Waals surface area contributed by atoms with Crippen LogP contribution in [0.1, 0.15) is 66.8 Å². The molecular formula is C17H24N2OS. The van der Waals surface area contributed by atoms with Crippen molar-refractivity contribution in [2.24, 2.45) is 5.41 Å². The van der Waals surface area contributed by atoms with Crippen molar-refractivity contribution in [1.29, 1.82) is 5.26 Å². The van der Waals surface area contributed by atoms with Crippen molar-refractivity contribution < 1.29 is 4.79 Å². The number of hydrogen-bond acceptors (Lipinski definition) is 3. The third kappa shape index (κ3) is 3.47. The van der Waals surface area contributed by atoms with E-state index in [0.717, 1.165) is 25.7 Å². The lowest BCUT2D eigenvalue weighted by atomic mass is 9.80. The van der Waals surface area contributed by atoms with Crippen LogP contribution in [0.4, 0.5) is 0 Å². The van der Waals surface area contributed by atoms with Crippen LogP contribution in [-0.4, -0.2) is 5.91 Å². The number of hydrogen-bond donors (Lipinski definition) is 1. The standard InChI is InChI=1S/C17H24N2OS/c1-12-10-15(14(3)21-12)13(2)19-16(20)17(11-18)8-6-4-5-7-9-17/h10,13H,4-9H2,1-3H3,(H,19,20). The number of amides is 1. The number of carbonyl (C=O) groups is 1. The van der Waals surface area contributed by atoms with Gasteiger partial charge < -0.3 is 5.32 Å². The van der Waals surface area contributed by atoms with E-state index in [4.69, 9.17) is 0 Å². The van der Waals surface area contributed by atoms with Gasteiger partial charge in [-0.05, 0) is 45.2 Å². The van der Waals surface area contributed by atoms with Gasteiger partial charge in [-0.1, -0.05) is 25.7 Å². The lowest BCUT2D eigenvalue weighted by molar-refractivity contribution is -0.129. The number of nitriles is 1. The monoisotopic (exact) mass is 304 g/mol. The van der Waals surface area contributed by atoms with Crippen LogP contribution >= 0.6 is 11.3 Å². The maximum Gasteiger partial charge on any atom is 0.240 e. The predicted octanol–water partition coefficient (Wildman–Crippen LogP) is 4.41. The van der Waals surface area contributed by atoms with E-state index in [1.165, 1.54) is 15.3 Å². The summed E-state index contributed by atoms with van der Waals surface area (Å²) in [5.41, 5.74) is 0.358. The summed E-state index contributed by atoms with van der Waals surface area (Å²) in [6, 6.07) is 4.43. The quantitative estimate of drug-likeness (QED) is 0.841. The van der Waals surface area contributed by atoms with Crippen molar-refractivity contribution in [2.45, 2.75) is 65.3 Å². The minimum atomic E-state index is -0.816. The topological polar surface area (TPSA) is 52.9 Å². The van der Waals surface area contributed by atoms with Crippen molar-refractivity contribution in [1.82, 2.24) is 5.32 Å². The highest BCUT2D eigenvalue weighted by Crippen LogP contribution is 2.36. The van der Waals surface area contributed by atoms with Gasteiger partial charge in [0, 0.05) is 9.75 Å². The molecule has 1 aliphatic carbocycles. The molecule has 1 unspecified atom stereocenters. The van der Waals surface area contributed by atoms with Crippen molar-refractivity contribution in [2.75, 3.05) is 0 Å². The molecule has 0 radical (unpaired) electrons. The van der Waals surface area contributed by atoms with Gasteiger partial charge in [-0.3, -0.25) is 4.79 Å². The molecule has 1 saturated carbocycles. The lowest BCUT2D eigenvalue weighted by Crippen LogP contribution is -2.41. The second kappa shape index (κ2) is 6.62. The third-order valence-electron chi connectivity index (χ3n) is 4.50. The van der Waals surface area contributed by atoms with E-state index in [-0.39, 0.29) is 11.9 Å². The Bertz CT molecular complexity index is 548. The van der Waals surface area contributed by atoms with E-state index in [0.29, 0.717) is 12.8 Å². The van der Waals surface area contributed by atoms with Crippen LogP contribution in [0.3, 0.4) is 0 Å². The first-order valence-corrected chi connectivity index (χ1v) is 8.59. The molecule has 2 rings (SSSR count). The summed E-state index contributed by atoms with van der Waals surface area (Å²) in [5, 5.41) is 12.7. The molecule has 114 valence electrons. The van der Waals surface area contributed by atoms with Gasteiger partial charge in [0.2, 0.25) is 5.91 Å². The van der Waals surface area contributed by atoms with Crippen LogP contribution in [0.5, 0.6) is 0 Å². The zero-order valence-electron chi connectivity index (χ0n) is 13.2. The van der Waals surface area contributed by atoms with E-state index in [1.54, 1.807) is 11.3 Å². The maximum atomic E-state index is 12.7. The Balaban J connectivity index is 2.12. The molecule has 1 N–H and O–H groups in total. The van der Waals surface area contributed by atoms with Gasteiger partial charge in [-0.15, -0.1) is 11.3 Å². The molecule has 1 heterocycles. The van der Waals surface area contributed by atoms with Crippen molar-refractivity contribution in [3.8, 4) is 6.07 Å². The van der Waals surface area contributed by atoms with Crippen LogP contribution in [-0.2, 0) is 4.79 Å². The van der Waals surface area contributed by atoms with Gasteiger partial charge in [0.15, 0.2) is 0 Å². The summed E-state index contributed by atoms with van der Waals surface area (Å²) in [5.74, 6) is -0.0809. The van der Waals surface area contributed by atoms with Crippen molar-refractivity contribution in [3.05, 3.63) is 21.4 Å². The number of rotatable bonds is 3. The van der Waals surface area contributed by atoms with Crippen LogP contribution in [0.25, 0.3) is 0 Å². The number of carbonyl (C=O) groups excluding carboxylic acids is 1. The highest BCUT2D eigenvalue weighted by Gasteiger charge is 2.39. The number of nitrogens with one attached hydrogen (secondary N) is 1. The number of nitrogens with zero attached hydrogens (tertiary/aromatic N) is 1. The second-order valence-corrected chi connectivity index (χ2v) is 7.63. The van der Waals surface area contributed by atoms with E-state index in [2.05, 4.69) is 31.3 Å². The minimum Gasteiger partial charge on any atom is -0.348 e. The van der Waals surface area contributed by atoms with Crippen molar-refractivity contribution >= 4 is 17.2 Å². The predicted molar refractivity (Wildman–Crippen MR) is 86.1 cm³/mol. The second-order valence-electron chi connectivity index (χ2n) is 6.17. The maximum absolute atomic E-state index is 12.7. The van der Waals surface area contributed by atoms with Gasteiger partial charge in [-0.2, -0.15) is 5.26 Å². The fourth-order valence-electron chi connectivity index (χ4n) is 3.21. The largest absolute Gasteiger partial charge is 0.348 e. The van der Waals surface area contributed by atoms with Crippen LogP contribution < -0.4 is 5.32 Å². The SMILES string of the molecule is Cc1cc(C(C)NC(=O)C2(C#N)CCCCCC2)c(C)s1. The molecule has 0 saturated heterocycles. The molecule has 0 aliphatic heterocycles. The van der Waals surface area contributed by atoms with Gasteiger partial charge >= 0.3 is 0 Å². The smallest absolute Gasteiger partial charge is 0.240 e. The number of thiophene rings is 1. The van der Waals surface area contributed by atoms with Crippen molar-refractivity contribution in [3.63, 3.8) is 0 Å². The summed E-state index contributed by atoms with van der Waals surface area (Å²) in [6.45, 7) is 6.17. The molecule has 3 nitrogen and oxygen atoms in total. The summed E-state index contributed by atoms with van der Waals surface area (Å²) >= 11 is 1.75. The van der Waals surface area contributed by atoms with Gasteiger partial charge in [0.05, 0.1) is 12.1 Å². The van der Waals surface area contributed by atoms with E-state index < -0.39 is 5.41 Å². The third-order valence-corrected chi connectivity index (χ3v) is 5.48. The average Bonchev–Trinajstić information content (AvgIpc) is 2.67. The molecule has 21 heavy (non-hydrogen) atoms. The van der Waals surface area contributed by atoms with Crippen LogP contribution in [0.2, 0.25) is 0 Å². The Morgan fingerprint density at radius 2 is 1.95 bits per heavy atom. The van der Waals surface area contributed by atoms with Crippen LogP contribution in [0.15, 0.2) is 6.07 Å². The Kier molecular flexibility index (Phi) is 5.05. The fraction of sp³-hybridized carbons (Fsp3) is 0.647. The molecule has 1 aromatic rings. The summed E-state index contributed by atoms with van der Waals surface area (Å²) in [7, 11) is 0. The molecular weight excluding hydrogens is 280 g/mol. The molecule has 0 bridgehead atoms. The first-order valence-electron chi connectivity index (χ1n) is 7.78. The highest BCUT2D eigenvalue weighted by molar-refractivity contribution is 7.12. The molecule has 1 amide bonds. The van der Waals surface area contributed by atoms with Gasteiger partial charge in [0.25, 0.3) is 0 Å². The Hall–Kier alpha value is -1.34. The summed E-state index contributed by atoms with van der Waals surface area (Å²) in [6.07, 6.45) is 5.62. The molecule has 4 heteroatoms. The number of aryl methyl sites for hydroxylation is 2. The molecule has 0 spiro atoms. The Morgan fingerprint density at radius 3 is 2.43 bits per heavy atom. The zero-order valence-corrected chi connectivity index (χ0v) is 14.0. The molecule has 0 aromatic carbocycles. The first-order chi connectivity index (χ1) is 9.98. The normalized spacial score (nSPS) is 19.3. The van der Waals surface area contributed by atoms with Crippen LogP contribution in [0, 0.1) is 30.6 Å². The average molecular weight is 304 g/mol.